The maximum Gasteiger partial charge on any atom is 0.433 e. The highest BCUT2D eigenvalue weighted by Crippen LogP contribution is 2.33. The largest absolute Gasteiger partial charge is 0.495 e. The van der Waals surface area contributed by atoms with E-state index >= 15 is 0 Å². The first-order chi connectivity index (χ1) is 7.91. The van der Waals surface area contributed by atoms with Crippen LogP contribution >= 0.6 is 0 Å². The van der Waals surface area contributed by atoms with Gasteiger partial charge in [-0.1, -0.05) is 12.1 Å². The molecule has 1 unspecified atom stereocenters. The number of hydrogen-bond acceptors (Lipinski definition) is 3. The fraction of sp³-hybridized carbons (Fsp3) is 0.455. The average Bonchev–Trinajstić information content (AvgIpc) is 2.27. The Morgan fingerprint density at radius 3 is 2.24 bits per heavy atom. The van der Waals surface area contributed by atoms with Crippen molar-refractivity contribution in [2.24, 2.45) is 0 Å². The first-order valence-electron chi connectivity index (χ1n) is 4.87. The Morgan fingerprint density at radius 1 is 1.18 bits per heavy atom. The maximum absolute atomic E-state index is 12.7. The minimum absolute atomic E-state index is 0.319. The Hall–Kier alpha value is -1.43. The second-order valence-electron chi connectivity index (χ2n) is 3.41. The van der Waals surface area contributed by atoms with Crippen molar-refractivity contribution in [1.29, 1.82) is 0 Å². The standard InChI is InChI=1S/C11H14F3NO2/c1-15(10(17-3)11(12,13)14)8-6-4-5-7-9(8)16-2/h4-7,10H,1-3H3. The summed E-state index contributed by atoms with van der Waals surface area (Å²) in [4.78, 5) is 0.985. The van der Waals surface area contributed by atoms with Gasteiger partial charge in [0.15, 0.2) is 0 Å². The van der Waals surface area contributed by atoms with E-state index in [9.17, 15) is 13.2 Å². The van der Waals surface area contributed by atoms with Crippen molar-refractivity contribution in [3.8, 4) is 5.75 Å². The molecule has 3 nitrogen and oxygen atoms in total. The lowest BCUT2D eigenvalue weighted by Crippen LogP contribution is -2.45. The molecule has 0 aliphatic heterocycles. The van der Waals surface area contributed by atoms with Crippen molar-refractivity contribution in [3.63, 3.8) is 0 Å². The van der Waals surface area contributed by atoms with Gasteiger partial charge in [0.05, 0.1) is 12.8 Å². The third kappa shape index (κ3) is 3.03. The minimum atomic E-state index is -4.47. The quantitative estimate of drug-likeness (QED) is 0.766. The van der Waals surface area contributed by atoms with Crippen molar-refractivity contribution in [2.45, 2.75) is 12.4 Å². The molecule has 0 aromatic heterocycles. The third-order valence-electron chi connectivity index (χ3n) is 2.32. The second-order valence-corrected chi connectivity index (χ2v) is 3.41. The van der Waals surface area contributed by atoms with E-state index in [0.29, 0.717) is 11.4 Å². The average molecular weight is 249 g/mol. The van der Waals surface area contributed by atoms with Crippen LogP contribution in [0.3, 0.4) is 0 Å². The molecule has 0 N–H and O–H groups in total. The Morgan fingerprint density at radius 2 is 1.76 bits per heavy atom. The molecule has 0 heterocycles. The van der Waals surface area contributed by atoms with E-state index in [1.54, 1.807) is 18.2 Å². The molecule has 1 aromatic rings. The number of rotatable bonds is 4. The number of halogens is 3. The molecule has 0 aliphatic rings. The van der Waals surface area contributed by atoms with E-state index in [1.807, 2.05) is 0 Å². The van der Waals surface area contributed by atoms with E-state index in [-0.39, 0.29) is 0 Å². The number of hydrogen-bond donors (Lipinski definition) is 0. The molecular formula is C11H14F3NO2. The van der Waals surface area contributed by atoms with Gasteiger partial charge in [0.25, 0.3) is 0 Å². The van der Waals surface area contributed by atoms with Crippen molar-refractivity contribution in [1.82, 2.24) is 0 Å². The Kier molecular flexibility index (Phi) is 4.22. The highest BCUT2D eigenvalue weighted by Gasteiger charge is 2.43. The van der Waals surface area contributed by atoms with E-state index in [2.05, 4.69) is 4.74 Å². The van der Waals surface area contributed by atoms with Crippen LogP contribution < -0.4 is 9.64 Å². The topological polar surface area (TPSA) is 21.7 Å². The lowest BCUT2D eigenvalue weighted by molar-refractivity contribution is -0.211. The summed E-state index contributed by atoms with van der Waals surface area (Å²) in [5.41, 5.74) is 0.319. The number of alkyl halides is 3. The summed E-state index contributed by atoms with van der Waals surface area (Å²) in [6.45, 7) is 0. The van der Waals surface area contributed by atoms with Gasteiger partial charge in [0.1, 0.15) is 5.75 Å². The Balaban J connectivity index is 3.06. The van der Waals surface area contributed by atoms with E-state index in [4.69, 9.17) is 4.74 Å². The lowest BCUT2D eigenvalue weighted by atomic mass is 10.2. The van der Waals surface area contributed by atoms with Crippen LogP contribution in [0, 0.1) is 0 Å². The summed E-state index contributed by atoms with van der Waals surface area (Å²) in [6, 6.07) is 6.45. The molecule has 0 spiro atoms. The molecule has 0 saturated carbocycles. The second kappa shape index (κ2) is 5.27. The zero-order chi connectivity index (χ0) is 13.1. The molecule has 0 radical (unpaired) electrons. The summed E-state index contributed by atoms with van der Waals surface area (Å²) in [7, 11) is 3.73. The fourth-order valence-electron chi connectivity index (χ4n) is 1.56. The molecular weight excluding hydrogens is 235 g/mol. The van der Waals surface area contributed by atoms with E-state index in [1.165, 1.54) is 20.2 Å². The Bertz CT molecular complexity index is 368. The van der Waals surface area contributed by atoms with Gasteiger partial charge in [-0.15, -0.1) is 0 Å². The molecule has 0 saturated heterocycles. The van der Waals surface area contributed by atoms with Gasteiger partial charge in [-0.2, -0.15) is 13.2 Å². The first kappa shape index (κ1) is 13.6. The first-order valence-corrected chi connectivity index (χ1v) is 4.87. The van der Waals surface area contributed by atoms with Gasteiger partial charge in [-0.25, -0.2) is 0 Å². The number of methoxy groups -OCH3 is 2. The zero-order valence-corrected chi connectivity index (χ0v) is 9.78. The smallest absolute Gasteiger partial charge is 0.433 e. The van der Waals surface area contributed by atoms with Crippen molar-refractivity contribution in [3.05, 3.63) is 24.3 Å². The Labute approximate surface area is 97.7 Å². The number of para-hydroxylation sites is 2. The molecule has 0 fully saturated rings. The van der Waals surface area contributed by atoms with Crippen LogP contribution in [0.15, 0.2) is 24.3 Å². The SMILES string of the molecule is COc1ccccc1N(C)C(OC)C(F)(F)F. The van der Waals surface area contributed by atoms with Crippen LogP contribution in [-0.2, 0) is 4.74 Å². The maximum atomic E-state index is 12.7. The summed E-state index contributed by atoms with van der Waals surface area (Å²) < 4.78 is 47.5. The van der Waals surface area contributed by atoms with Crippen LogP contribution in [0.25, 0.3) is 0 Å². The molecule has 0 aliphatic carbocycles. The highest BCUT2D eigenvalue weighted by atomic mass is 19.4. The predicted molar refractivity (Wildman–Crippen MR) is 58.2 cm³/mol. The van der Waals surface area contributed by atoms with Gasteiger partial charge >= 0.3 is 6.18 Å². The van der Waals surface area contributed by atoms with Crippen LogP contribution in [0.5, 0.6) is 5.75 Å². The molecule has 6 heteroatoms. The monoisotopic (exact) mass is 249 g/mol. The number of ether oxygens (including phenoxy) is 2. The van der Waals surface area contributed by atoms with Gasteiger partial charge < -0.3 is 14.4 Å². The van der Waals surface area contributed by atoms with Crippen molar-refractivity contribution >= 4 is 5.69 Å². The molecule has 0 bridgehead atoms. The van der Waals surface area contributed by atoms with Gasteiger partial charge in [0, 0.05) is 14.2 Å². The predicted octanol–water partition coefficient (Wildman–Crippen LogP) is 2.67. The molecule has 0 amide bonds. The van der Waals surface area contributed by atoms with Gasteiger partial charge in [-0.3, -0.25) is 0 Å². The zero-order valence-electron chi connectivity index (χ0n) is 9.78. The highest BCUT2D eigenvalue weighted by molar-refractivity contribution is 5.58. The molecule has 1 aromatic carbocycles. The minimum Gasteiger partial charge on any atom is -0.495 e. The molecule has 17 heavy (non-hydrogen) atoms. The number of benzene rings is 1. The molecule has 1 atom stereocenters. The van der Waals surface area contributed by atoms with Crippen LogP contribution in [-0.4, -0.2) is 33.7 Å². The summed E-state index contributed by atoms with van der Waals surface area (Å²) in [5.74, 6) is 0.362. The summed E-state index contributed by atoms with van der Waals surface area (Å²) in [5, 5.41) is 0. The summed E-state index contributed by atoms with van der Waals surface area (Å²) >= 11 is 0. The van der Waals surface area contributed by atoms with Crippen LogP contribution in [0.4, 0.5) is 18.9 Å². The number of anilines is 1. The van der Waals surface area contributed by atoms with Crippen molar-refractivity contribution < 1.29 is 22.6 Å². The van der Waals surface area contributed by atoms with Crippen LogP contribution in [0.2, 0.25) is 0 Å². The van der Waals surface area contributed by atoms with Crippen LogP contribution in [0.1, 0.15) is 0 Å². The van der Waals surface area contributed by atoms with Crippen molar-refractivity contribution in [2.75, 3.05) is 26.2 Å². The summed E-state index contributed by atoms with van der Waals surface area (Å²) in [6.07, 6.45) is -6.47. The van der Waals surface area contributed by atoms with E-state index < -0.39 is 12.4 Å². The lowest BCUT2D eigenvalue weighted by Gasteiger charge is -2.31. The third-order valence-corrected chi connectivity index (χ3v) is 2.32. The molecule has 96 valence electrons. The number of nitrogens with zero attached hydrogens (tertiary/aromatic N) is 1. The van der Waals surface area contributed by atoms with Gasteiger partial charge in [-0.05, 0) is 12.1 Å². The molecule has 1 rings (SSSR count). The normalized spacial score (nSPS) is 13.3. The van der Waals surface area contributed by atoms with Gasteiger partial charge in [0.2, 0.25) is 6.23 Å². The van der Waals surface area contributed by atoms with E-state index in [0.717, 1.165) is 12.0 Å². The fourth-order valence-corrected chi connectivity index (χ4v) is 1.56.